The van der Waals surface area contributed by atoms with E-state index in [2.05, 4.69) is 67.4 Å². The summed E-state index contributed by atoms with van der Waals surface area (Å²) in [5, 5.41) is 8.16. The molecule has 28 heavy (non-hydrogen) atoms. The molecule has 0 aliphatic heterocycles. The van der Waals surface area contributed by atoms with Crippen LogP contribution in [0.5, 0.6) is 0 Å². The third-order valence-corrected chi connectivity index (χ3v) is 4.36. The summed E-state index contributed by atoms with van der Waals surface area (Å²) in [4.78, 5) is 2.97. The number of halogens is 4. The van der Waals surface area contributed by atoms with Crippen molar-refractivity contribution in [1.82, 2.24) is 0 Å². The SMILES string of the molecule is CC1(C)c2ccccc2-c2ccccc21.F[B-](F)(F)F.N#[N+]c1ccccc1. The molecule has 3 aromatic rings. The molecule has 0 heterocycles. The molecule has 7 heteroatoms. The first kappa shape index (κ1) is 21.2. The van der Waals surface area contributed by atoms with Crippen LogP contribution in [0.4, 0.5) is 23.0 Å². The summed E-state index contributed by atoms with van der Waals surface area (Å²) in [5.41, 5.74) is 6.45. The van der Waals surface area contributed by atoms with Crippen LogP contribution in [0, 0.1) is 5.39 Å². The molecule has 0 amide bonds. The Bertz CT molecular complexity index is 910. The van der Waals surface area contributed by atoms with Gasteiger partial charge in [0.05, 0.1) is 0 Å². The van der Waals surface area contributed by atoms with Gasteiger partial charge in [-0.25, -0.2) is 0 Å². The van der Waals surface area contributed by atoms with Gasteiger partial charge < -0.3 is 17.3 Å². The predicted octanol–water partition coefficient (Wildman–Crippen LogP) is 7.46. The normalized spacial score (nSPS) is 12.9. The second kappa shape index (κ2) is 8.70. The molecular formula is C21H19BF4N2. The molecule has 0 bridgehead atoms. The van der Waals surface area contributed by atoms with Crippen molar-refractivity contribution in [2.75, 3.05) is 0 Å². The average Bonchev–Trinajstić information content (AvgIpc) is 2.90. The molecule has 0 saturated heterocycles. The fourth-order valence-electron chi connectivity index (χ4n) is 3.17. The van der Waals surface area contributed by atoms with Gasteiger partial charge in [0, 0.05) is 17.5 Å². The van der Waals surface area contributed by atoms with Crippen molar-refractivity contribution in [2.24, 2.45) is 0 Å². The van der Waals surface area contributed by atoms with Crippen LogP contribution in [0.25, 0.3) is 16.1 Å². The third-order valence-electron chi connectivity index (χ3n) is 4.36. The lowest BCUT2D eigenvalue weighted by atomic mass is 9.82. The fraction of sp³-hybridized carbons (Fsp3) is 0.143. The highest BCUT2D eigenvalue weighted by Gasteiger charge is 2.34. The quantitative estimate of drug-likeness (QED) is 0.224. The van der Waals surface area contributed by atoms with Crippen LogP contribution in [0.15, 0.2) is 78.9 Å². The van der Waals surface area contributed by atoms with E-state index in [1.54, 1.807) is 12.1 Å². The lowest BCUT2D eigenvalue weighted by molar-refractivity contribution is 0.368. The second-order valence-corrected chi connectivity index (χ2v) is 6.65. The van der Waals surface area contributed by atoms with Gasteiger partial charge in [-0.3, -0.25) is 0 Å². The Kier molecular flexibility index (Phi) is 6.58. The van der Waals surface area contributed by atoms with E-state index in [9.17, 15) is 17.3 Å². The van der Waals surface area contributed by atoms with E-state index in [1.807, 2.05) is 18.2 Å². The number of diazo groups is 1. The molecule has 3 aromatic carbocycles. The average molecular weight is 386 g/mol. The molecular weight excluding hydrogens is 367 g/mol. The number of nitrogens with zero attached hydrogens (tertiary/aromatic N) is 2. The number of hydrogen-bond donors (Lipinski definition) is 0. The maximum absolute atomic E-state index is 9.75. The summed E-state index contributed by atoms with van der Waals surface area (Å²) in [5.74, 6) is 0. The summed E-state index contributed by atoms with van der Waals surface area (Å²) in [6, 6.07) is 26.4. The van der Waals surface area contributed by atoms with Crippen LogP contribution in [-0.4, -0.2) is 7.25 Å². The summed E-state index contributed by atoms with van der Waals surface area (Å²) >= 11 is 0. The van der Waals surface area contributed by atoms with Gasteiger partial charge in [0.2, 0.25) is 5.39 Å². The largest absolute Gasteiger partial charge is 0.673 e. The van der Waals surface area contributed by atoms with Crippen molar-refractivity contribution in [1.29, 1.82) is 5.39 Å². The predicted molar refractivity (Wildman–Crippen MR) is 105 cm³/mol. The fourth-order valence-corrected chi connectivity index (χ4v) is 3.17. The molecule has 1 aliphatic carbocycles. The molecule has 144 valence electrons. The lowest BCUT2D eigenvalue weighted by Gasteiger charge is -2.20. The van der Waals surface area contributed by atoms with Crippen molar-refractivity contribution in [3.63, 3.8) is 0 Å². The first-order valence-electron chi connectivity index (χ1n) is 8.61. The molecule has 0 N–H and O–H groups in total. The second-order valence-electron chi connectivity index (χ2n) is 6.65. The smallest absolute Gasteiger partial charge is 0.418 e. The van der Waals surface area contributed by atoms with Crippen molar-refractivity contribution in [2.45, 2.75) is 19.3 Å². The maximum Gasteiger partial charge on any atom is 0.673 e. The van der Waals surface area contributed by atoms with Crippen LogP contribution < -0.4 is 0 Å². The van der Waals surface area contributed by atoms with Gasteiger partial charge in [0.1, 0.15) is 0 Å². The highest BCUT2D eigenvalue weighted by Crippen LogP contribution is 2.47. The van der Waals surface area contributed by atoms with E-state index >= 15 is 0 Å². The minimum atomic E-state index is -6.00. The van der Waals surface area contributed by atoms with Gasteiger partial charge in [-0.2, -0.15) is 0 Å². The van der Waals surface area contributed by atoms with Crippen LogP contribution >= 0.6 is 0 Å². The van der Waals surface area contributed by atoms with E-state index in [0.29, 0.717) is 5.69 Å². The number of rotatable bonds is 0. The molecule has 0 spiro atoms. The zero-order valence-corrected chi connectivity index (χ0v) is 15.5. The Morgan fingerprint density at radius 3 is 1.39 bits per heavy atom. The third kappa shape index (κ3) is 5.43. The van der Waals surface area contributed by atoms with E-state index < -0.39 is 7.25 Å². The summed E-state index contributed by atoms with van der Waals surface area (Å²) in [6.45, 7) is 4.61. The molecule has 2 nitrogen and oxygen atoms in total. The molecule has 0 saturated carbocycles. The van der Waals surface area contributed by atoms with Crippen LogP contribution in [0.1, 0.15) is 25.0 Å². The van der Waals surface area contributed by atoms with E-state index in [0.717, 1.165) is 0 Å². The topological polar surface area (TPSA) is 28.1 Å². The first-order valence-corrected chi connectivity index (χ1v) is 8.61. The highest BCUT2D eigenvalue weighted by molar-refractivity contribution is 6.50. The minimum absolute atomic E-state index is 0.160. The Morgan fingerprint density at radius 2 is 1.04 bits per heavy atom. The van der Waals surface area contributed by atoms with Crippen molar-refractivity contribution in [3.05, 3.63) is 95.0 Å². The van der Waals surface area contributed by atoms with Gasteiger partial charge in [0.25, 0.3) is 0 Å². The Balaban J connectivity index is 0.000000182. The van der Waals surface area contributed by atoms with E-state index in [1.165, 1.54) is 22.3 Å². The molecule has 4 rings (SSSR count). The van der Waals surface area contributed by atoms with Gasteiger partial charge in [-0.15, -0.1) is 0 Å². The van der Waals surface area contributed by atoms with Gasteiger partial charge in [-0.1, -0.05) is 80.6 Å². The molecule has 0 unspecified atom stereocenters. The van der Waals surface area contributed by atoms with Gasteiger partial charge in [0.15, 0.2) is 4.98 Å². The monoisotopic (exact) mass is 386 g/mol. The minimum Gasteiger partial charge on any atom is -0.418 e. The van der Waals surface area contributed by atoms with Crippen LogP contribution in [-0.2, 0) is 5.41 Å². The zero-order valence-electron chi connectivity index (χ0n) is 15.5. The number of fused-ring (bicyclic) bond motifs is 3. The summed E-state index contributed by atoms with van der Waals surface area (Å²) in [6.07, 6.45) is 0. The van der Waals surface area contributed by atoms with Crippen molar-refractivity contribution >= 4 is 12.9 Å². The summed E-state index contributed by atoms with van der Waals surface area (Å²) in [7, 11) is -6.00. The standard InChI is InChI=1S/C15H14.C6H5N2.BF4/c1-15(2)13-9-5-3-7-11(13)12-8-4-6-10-14(12)15;7-8-6-4-2-1-3-5-6;2-1(3,4)5/h3-10H,1-2H3;1-5H;/q;+1;-1. The van der Waals surface area contributed by atoms with Crippen LogP contribution in [0.2, 0.25) is 0 Å². The van der Waals surface area contributed by atoms with Crippen LogP contribution in [0.3, 0.4) is 0 Å². The zero-order chi connectivity index (χ0) is 20.8. The van der Waals surface area contributed by atoms with E-state index in [4.69, 9.17) is 5.39 Å². The molecule has 0 radical (unpaired) electrons. The highest BCUT2D eigenvalue weighted by atomic mass is 19.5. The Labute approximate surface area is 161 Å². The molecule has 1 aliphatic rings. The molecule has 0 atom stereocenters. The van der Waals surface area contributed by atoms with Crippen molar-refractivity contribution in [3.8, 4) is 11.1 Å². The Hall–Kier alpha value is -3.14. The lowest BCUT2D eigenvalue weighted by Crippen LogP contribution is -2.14. The Morgan fingerprint density at radius 1 is 0.679 bits per heavy atom. The summed E-state index contributed by atoms with van der Waals surface area (Å²) < 4.78 is 39.0. The molecule has 0 fully saturated rings. The van der Waals surface area contributed by atoms with E-state index in [-0.39, 0.29) is 5.41 Å². The van der Waals surface area contributed by atoms with Gasteiger partial charge in [-0.05, 0) is 22.3 Å². The first-order chi connectivity index (χ1) is 13.1. The maximum atomic E-state index is 9.75. The molecule has 0 aromatic heterocycles. The van der Waals surface area contributed by atoms with Crippen molar-refractivity contribution < 1.29 is 17.3 Å². The number of hydrogen-bond acceptors (Lipinski definition) is 1. The number of benzene rings is 3. The van der Waals surface area contributed by atoms with Gasteiger partial charge >= 0.3 is 12.9 Å².